The number of carbonyl (C=O) groups excluding carboxylic acids is 2. The second-order valence-electron chi connectivity index (χ2n) is 6.56. The topological polar surface area (TPSA) is 104 Å². The van der Waals surface area contributed by atoms with E-state index in [1.165, 1.54) is 0 Å². The Morgan fingerprint density at radius 3 is 2.53 bits per heavy atom. The van der Waals surface area contributed by atoms with Gasteiger partial charge in [-0.2, -0.15) is 5.10 Å². The molecule has 0 atom stereocenters. The lowest BCUT2D eigenvalue weighted by atomic mass is 10.1. The third-order valence-corrected chi connectivity index (χ3v) is 4.48. The number of aromatic nitrogens is 3. The summed E-state index contributed by atoms with van der Waals surface area (Å²) in [6.07, 6.45) is 1.59. The number of aromatic amines is 1. The Morgan fingerprint density at radius 1 is 1.17 bits per heavy atom. The molecule has 2 aromatic carbocycles. The number of hydrogen-bond acceptors (Lipinski definition) is 4. The molecule has 1 heterocycles. The van der Waals surface area contributed by atoms with Gasteiger partial charge in [-0.05, 0) is 49.5 Å². The number of aryl methyl sites for hydroxylation is 1. The van der Waals surface area contributed by atoms with Crippen LogP contribution in [0.5, 0.6) is 0 Å². The normalized spacial score (nSPS) is 10.3. The van der Waals surface area contributed by atoms with E-state index in [0.717, 1.165) is 11.1 Å². The average Bonchev–Trinajstić information content (AvgIpc) is 3.08. The van der Waals surface area contributed by atoms with E-state index >= 15 is 0 Å². The molecule has 1 aromatic heterocycles. The summed E-state index contributed by atoms with van der Waals surface area (Å²) >= 11 is 5.29. The molecular weight excluding hydrogens is 400 g/mol. The Hall–Kier alpha value is -3.72. The van der Waals surface area contributed by atoms with Gasteiger partial charge in [0.05, 0.1) is 0 Å². The number of amides is 3. The van der Waals surface area contributed by atoms with Crippen LogP contribution in [0, 0.1) is 11.7 Å². The molecule has 0 radical (unpaired) electrons. The molecular formula is C21H22N6O2S. The van der Waals surface area contributed by atoms with E-state index in [1.54, 1.807) is 34.9 Å². The monoisotopic (exact) mass is 422 g/mol. The molecule has 0 unspecified atom stereocenters. The van der Waals surface area contributed by atoms with E-state index in [9.17, 15) is 9.59 Å². The number of H-pyrrole nitrogens is 1. The lowest BCUT2D eigenvalue weighted by Gasteiger charge is -2.10. The summed E-state index contributed by atoms with van der Waals surface area (Å²) in [5.74, 6) is 0.356. The van der Waals surface area contributed by atoms with Gasteiger partial charge in [0.25, 0.3) is 0 Å². The maximum atomic E-state index is 12.6. The fraction of sp³-hybridized carbons (Fsp3) is 0.143. The zero-order chi connectivity index (χ0) is 21.5. The molecule has 0 aliphatic rings. The number of urea groups is 1. The van der Waals surface area contributed by atoms with E-state index in [-0.39, 0.29) is 18.5 Å². The summed E-state index contributed by atoms with van der Waals surface area (Å²) in [7, 11) is 0. The van der Waals surface area contributed by atoms with E-state index < -0.39 is 0 Å². The van der Waals surface area contributed by atoms with Crippen molar-refractivity contribution in [1.82, 2.24) is 20.1 Å². The molecule has 8 nitrogen and oxygen atoms in total. The maximum absolute atomic E-state index is 12.6. The quantitative estimate of drug-likeness (QED) is 0.343. The molecule has 3 aromatic rings. The Morgan fingerprint density at radius 2 is 1.87 bits per heavy atom. The van der Waals surface area contributed by atoms with E-state index in [0.29, 0.717) is 28.5 Å². The molecule has 154 valence electrons. The first-order valence-corrected chi connectivity index (χ1v) is 9.65. The van der Waals surface area contributed by atoms with Gasteiger partial charge in [0.15, 0.2) is 10.6 Å². The summed E-state index contributed by atoms with van der Waals surface area (Å²) in [6, 6.07) is 14.3. The minimum absolute atomic E-state index is 0.0164. The predicted molar refractivity (Wildman–Crippen MR) is 120 cm³/mol. The first kappa shape index (κ1) is 21.0. The third kappa shape index (κ3) is 5.42. The number of nitrogens with one attached hydrogen (secondary N) is 4. The maximum Gasteiger partial charge on any atom is 0.319 e. The van der Waals surface area contributed by atoms with Crippen LogP contribution in [0.3, 0.4) is 0 Å². The molecule has 0 aliphatic heterocycles. The molecule has 0 fully saturated rings. The van der Waals surface area contributed by atoms with Crippen molar-refractivity contribution in [1.29, 1.82) is 0 Å². The predicted octanol–water partition coefficient (Wildman–Crippen LogP) is 3.86. The highest BCUT2D eigenvalue weighted by Gasteiger charge is 2.13. The highest BCUT2D eigenvalue weighted by Crippen LogP contribution is 2.19. The van der Waals surface area contributed by atoms with Gasteiger partial charge in [0.1, 0.15) is 6.54 Å². The van der Waals surface area contributed by atoms with Crippen LogP contribution >= 0.6 is 12.2 Å². The molecule has 0 saturated heterocycles. The highest BCUT2D eigenvalue weighted by atomic mass is 32.1. The van der Waals surface area contributed by atoms with Crippen molar-refractivity contribution in [3.8, 4) is 11.4 Å². The molecule has 30 heavy (non-hydrogen) atoms. The summed E-state index contributed by atoms with van der Waals surface area (Å²) in [5.41, 5.74) is 3.17. The van der Waals surface area contributed by atoms with Crippen LogP contribution in [0.15, 0.2) is 61.2 Å². The number of carbonyl (C=O) groups is 2. The number of rotatable bonds is 7. The van der Waals surface area contributed by atoms with Crippen molar-refractivity contribution in [2.75, 3.05) is 17.2 Å². The molecule has 3 rings (SSSR count). The largest absolute Gasteiger partial charge is 0.334 e. The minimum atomic E-state index is -0.329. The Labute approximate surface area is 179 Å². The third-order valence-electron chi connectivity index (χ3n) is 4.17. The first-order valence-electron chi connectivity index (χ1n) is 9.24. The molecule has 0 bridgehead atoms. The fourth-order valence-corrected chi connectivity index (χ4v) is 2.99. The number of hydrogen-bond donors (Lipinski definition) is 4. The van der Waals surface area contributed by atoms with Crippen LogP contribution in [0.4, 0.5) is 16.2 Å². The fourth-order valence-electron chi connectivity index (χ4n) is 2.79. The Bertz CT molecular complexity index is 1120. The van der Waals surface area contributed by atoms with Crippen LogP contribution in [-0.4, -0.2) is 33.2 Å². The smallest absolute Gasteiger partial charge is 0.319 e. The second kappa shape index (κ2) is 9.66. The van der Waals surface area contributed by atoms with Crippen molar-refractivity contribution in [3.63, 3.8) is 0 Å². The van der Waals surface area contributed by atoms with Crippen molar-refractivity contribution < 1.29 is 9.59 Å². The molecule has 0 spiro atoms. The van der Waals surface area contributed by atoms with E-state index in [2.05, 4.69) is 32.7 Å². The molecule has 3 amide bonds. The van der Waals surface area contributed by atoms with Crippen LogP contribution < -0.4 is 16.0 Å². The van der Waals surface area contributed by atoms with Gasteiger partial charge in [-0.1, -0.05) is 29.8 Å². The van der Waals surface area contributed by atoms with Crippen molar-refractivity contribution >= 4 is 35.5 Å². The van der Waals surface area contributed by atoms with Gasteiger partial charge < -0.3 is 16.0 Å². The van der Waals surface area contributed by atoms with Crippen molar-refractivity contribution in [2.45, 2.75) is 13.5 Å². The zero-order valence-corrected chi connectivity index (χ0v) is 17.3. The number of anilines is 2. The van der Waals surface area contributed by atoms with Crippen LogP contribution in [-0.2, 0) is 11.3 Å². The first-order chi connectivity index (χ1) is 14.5. The lowest BCUT2D eigenvalue weighted by molar-refractivity contribution is -0.116. The van der Waals surface area contributed by atoms with E-state index in [1.807, 2.05) is 31.2 Å². The number of benzene rings is 2. The van der Waals surface area contributed by atoms with Gasteiger partial charge in [0, 0.05) is 23.5 Å². The lowest BCUT2D eigenvalue weighted by Crippen LogP contribution is -2.28. The SMILES string of the molecule is C=CCNC(=O)Nc1ccc(NC(=O)Cn2c(-c3cccc(C)c3)n[nH]c2=S)cc1. The average molecular weight is 423 g/mol. The van der Waals surface area contributed by atoms with Gasteiger partial charge in [-0.3, -0.25) is 14.5 Å². The summed E-state index contributed by atoms with van der Waals surface area (Å²) in [5, 5.41) is 15.1. The summed E-state index contributed by atoms with van der Waals surface area (Å²) in [6.45, 7) is 5.92. The second-order valence-corrected chi connectivity index (χ2v) is 6.94. The standard InChI is InChI=1S/C21H22N6O2S/c1-3-11-22-20(29)24-17-9-7-16(8-10-17)23-18(28)13-27-19(25-26-21(27)30)15-6-4-5-14(2)12-15/h3-10,12H,1,11,13H2,2H3,(H,23,28)(H,26,30)(H2,22,24,29). The number of nitrogens with zero attached hydrogens (tertiary/aromatic N) is 2. The van der Waals surface area contributed by atoms with Crippen LogP contribution in [0.25, 0.3) is 11.4 Å². The van der Waals surface area contributed by atoms with E-state index in [4.69, 9.17) is 12.2 Å². The van der Waals surface area contributed by atoms with Crippen LogP contribution in [0.2, 0.25) is 0 Å². The molecule has 9 heteroatoms. The van der Waals surface area contributed by atoms with Crippen molar-refractivity contribution in [3.05, 3.63) is 71.5 Å². The highest BCUT2D eigenvalue weighted by molar-refractivity contribution is 7.71. The van der Waals surface area contributed by atoms with Crippen LogP contribution in [0.1, 0.15) is 5.56 Å². The summed E-state index contributed by atoms with van der Waals surface area (Å²) < 4.78 is 2.02. The van der Waals surface area contributed by atoms with Gasteiger partial charge >= 0.3 is 6.03 Å². The Balaban J connectivity index is 1.65. The van der Waals surface area contributed by atoms with Gasteiger partial charge in [0.2, 0.25) is 5.91 Å². The molecule has 0 aliphatic carbocycles. The van der Waals surface area contributed by atoms with Gasteiger partial charge in [-0.15, -0.1) is 6.58 Å². The van der Waals surface area contributed by atoms with Gasteiger partial charge in [-0.25, -0.2) is 4.79 Å². The molecule has 4 N–H and O–H groups in total. The molecule has 0 saturated carbocycles. The summed E-state index contributed by atoms with van der Waals surface area (Å²) in [4.78, 5) is 24.2. The minimum Gasteiger partial charge on any atom is -0.334 e. The van der Waals surface area contributed by atoms with Crippen molar-refractivity contribution in [2.24, 2.45) is 0 Å². The zero-order valence-electron chi connectivity index (χ0n) is 16.4. The Kier molecular flexibility index (Phi) is 6.76.